The first-order valence-corrected chi connectivity index (χ1v) is 7.30. The lowest BCUT2D eigenvalue weighted by atomic mass is 10.0. The smallest absolute Gasteiger partial charge is 0.119 e. The number of nitrogens with one attached hydrogen (secondary N) is 1. The lowest BCUT2D eigenvalue weighted by Crippen LogP contribution is -2.34. The maximum atomic E-state index is 6.01. The number of thiocarbonyl (C=S) groups is 1. The number of hydrogen-bond acceptors (Lipinski definition) is 3. The largest absolute Gasteiger partial charge is 0.497 e. The molecule has 1 aliphatic rings. The molecule has 20 heavy (non-hydrogen) atoms. The van der Waals surface area contributed by atoms with E-state index in [9.17, 15) is 0 Å². The second kappa shape index (κ2) is 5.42. The van der Waals surface area contributed by atoms with Gasteiger partial charge in [-0.2, -0.15) is 0 Å². The van der Waals surface area contributed by atoms with Gasteiger partial charge in [0.15, 0.2) is 0 Å². The highest BCUT2D eigenvalue weighted by molar-refractivity contribution is 7.80. The second-order valence-corrected chi connectivity index (χ2v) is 5.67. The van der Waals surface area contributed by atoms with Crippen molar-refractivity contribution >= 4 is 28.1 Å². The number of hydrogen-bond donors (Lipinski definition) is 2. The van der Waals surface area contributed by atoms with Gasteiger partial charge in [0.05, 0.1) is 18.1 Å². The SMILES string of the molecule is COc1ccc2[nH]cc(C(C(N)=S)N3CCCC3)c2c1. The molecule has 0 radical (unpaired) electrons. The lowest BCUT2D eigenvalue weighted by Gasteiger charge is -2.26. The number of fused-ring (bicyclic) bond motifs is 1. The Bertz CT molecular complexity index is 631. The third-order valence-electron chi connectivity index (χ3n) is 3.99. The third kappa shape index (κ3) is 2.27. The van der Waals surface area contributed by atoms with Gasteiger partial charge in [-0.3, -0.25) is 4.90 Å². The predicted octanol–water partition coefficient (Wildman–Crippen LogP) is 2.60. The Balaban J connectivity index is 2.08. The average Bonchev–Trinajstić information content (AvgIpc) is 3.09. The molecule has 2 heterocycles. The maximum absolute atomic E-state index is 6.01. The molecule has 106 valence electrons. The van der Waals surface area contributed by atoms with Crippen LogP contribution in [0.1, 0.15) is 24.4 Å². The normalized spacial score (nSPS) is 17.4. The molecular weight excluding hydrogens is 270 g/mol. The fourth-order valence-electron chi connectivity index (χ4n) is 3.00. The minimum atomic E-state index is 0.00774. The summed E-state index contributed by atoms with van der Waals surface area (Å²) in [5.41, 5.74) is 8.25. The molecule has 1 aromatic carbocycles. The Morgan fingerprint density at radius 1 is 1.40 bits per heavy atom. The zero-order valence-electron chi connectivity index (χ0n) is 11.6. The molecule has 4 nitrogen and oxygen atoms in total. The molecule has 3 N–H and O–H groups in total. The van der Waals surface area contributed by atoms with Gasteiger partial charge in [0.25, 0.3) is 0 Å². The molecule has 0 saturated carbocycles. The number of rotatable bonds is 4. The molecule has 1 aliphatic heterocycles. The van der Waals surface area contributed by atoms with Crippen LogP contribution in [0.15, 0.2) is 24.4 Å². The predicted molar refractivity (Wildman–Crippen MR) is 85.2 cm³/mol. The quantitative estimate of drug-likeness (QED) is 0.850. The summed E-state index contributed by atoms with van der Waals surface area (Å²) in [7, 11) is 1.68. The number of nitrogens with zero attached hydrogens (tertiary/aromatic N) is 1. The molecule has 0 spiro atoms. The molecule has 0 bridgehead atoms. The van der Waals surface area contributed by atoms with E-state index in [0.29, 0.717) is 4.99 Å². The Morgan fingerprint density at radius 3 is 2.80 bits per heavy atom. The molecule has 1 fully saturated rings. The first-order valence-electron chi connectivity index (χ1n) is 6.89. The minimum Gasteiger partial charge on any atom is -0.497 e. The minimum absolute atomic E-state index is 0.00774. The standard InChI is InChI=1S/C15H19N3OS/c1-19-10-4-5-13-11(8-10)12(9-17-13)14(15(16)20)18-6-2-3-7-18/h4-5,8-9,14,17H,2-3,6-7H2,1H3,(H2,16,20). The Hall–Kier alpha value is -1.59. The van der Waals surface area contributed by atoms with Crippen LogP contribution < -0.4 is 10.5 Å². The highest BCUT2D eigenvalue weighted by Gasteiger charge is 2.27. The molecule has 1 aromatic heterocycles. The van der Waals surface area contributed by atoms with Crippen LogP contribution in [0.3, 0.4) is 0 Å². The number of nitrogens with two attached hydrogens (primary N) is 1. The summed E-state index contributed by atoms with van der Waals surface area (Å²) in [4.78, 5) is 6.20. The molecule has 1 saturated heterocycles. The number of likely N-dealkylation sites (tertiary alicyclic amines) is 1. The summed E-state index contributed by atoms with van der Waals surface area (Å²) in [6, 6.07) is 6.03. The Labute approximate surface area is 123 Å². The van der Waals surface area contributed by atoms with E-state index in [2.05, 4.69) is 9.88 Å². The average molecular weight is 289 g/mol. The van der Waals surface area contributed by atoms with Gasteiger partial charge in [-0.15, -0.1) is 0 Å². The van der Waals surface area contributed by atoms with Crippen molar-refractivity contribution < 1.29 is 4.74 Å². The summed E-state index contributed by atoms with van der Waals surface area (Å²) in [6.07, 6.45) is 4.45. The number of benzene rings is 1. The van der Waals surface area contributed by atoms with E-state index < -0.39 is 0 Å². The molecule has 1 atom stereocenters. The number of ether oxygens (including phenoxy) is 1. The van der Waals surface area contributed by atoms with E-state index in [1.54, 1.807) is 7.11 Å². The number of aromatic nitrogens is 1. The highest BCUT2D eigenvalue weighted by Crippen LogP contribution is 2.32. The van der Waals surface area contributed by atoms with Crippen LogP contribution in [0.2, 0.25) is 0 Å². The van der Waals surface area contributed by atoms with Gasteiger partial charge >= 0.3 is 0 Å². The lowest BCUT2D eigenvalue weighted by molar-refractivity contribution is 0.306. The van der Waals surface area contributed by atoms with Gasteiger partial charge in [0.1, 0.15) is 5.75 Å². The van der Waals surface area contributed by atoms with E-state index >= 15 is 0 Å². The van der Waals surface area contributed by atoms with E-state index in [-0.39, 0.29) is 6.04 Å². The summed E-state index contributed by atoms with van der Waals surface area (Å²) in [5.74, 6) is 0.849. The van der Waals surface area contributed by atoms with E-state index in [1.165, 1.54) is 12.8 Å². The van der Waals surface area contributed by atoms with Crippen LogP contribution in [0.25, 0.3) is 10.9 Å². The van der Waals surface area contributed by atoms with Crippen LogP contribution in [0.5, 0.6) is 5.75 Å². The molecule has 2 aromatic rings. The van der Waals surface area contributed by atoms with Gasteiger partial charge in [-0.25, -0.2) is 0 Å². The van der Waals surface area contributed by atoms with Crippen LogP contribution >= 0.6 is 12.2 Å². The monoisotopic (exact) mass is 289 g/mol. The van der Waals surface area contributed by atoms with E-state index in [1.807, 2.05) is 24.4 Å². The molecular formula is C15H19N3OS. The second-order valence-electron chi connectivity index (χ2n) is 5.20. The van der Waals surface area contributed by atoms with Crippen molar-refractivity contribution in [1.29, 1.82) is 0 Å². The molecule has 3 rings (SSSR count). The van der Waals surface area contributed by atoms with Crippen molar-refractivity contribution in [1.82, 2.24) is 9.88 Å². The van der Waals surface area contributed by atoms with Gasteiger partial charge in [-0.05, 0) is 44.1 Å². The van der Waals surface area contributed by atoms with Crippen LogP contribution in [0.4, 0.5) is 0 Å². The van der Waals surface area contributed by atoms with E-state index in [0.717, 1.165) is 35.3 Å². The van der Waals surface area contributed by atoms with Crippen molar-refractivity contribution in [3.05, 3.63) is 30.0 Å². The summed E-state index contributed by atoms with van der Waals surface area (Å²) >= 11 is 5.32. The number of methoxy groups -OCH3 is 1. The Kier molecular flexibility index (Phi) is 3.63. The number of H-pyrrole nitrogens is 1. The third-order valence-corrected chi connectivity index (χ3v) is 4.21. The van der Waals surface area contributed by atoms with Gasteiger partial charge < -0.3 is 15.5 Å². The molecule has 5 heteroatoms. The zero-order valence-corrected chi connectivity index (χ0v) is 12.4. The van der Waals surface area contributed by atoms with Gasteiger partial charge in [0, 0.05) is 22.7 Å². The van der Waals surface area contributed by atoms with Crippen LogP contribution in [-0.2, 0) is 0 Å². The highest BCUT2D eigenvalue weighted by atomic mass is 32.1. The van der Waals surface area contributed by atoms with E-state index in [4.69, 9.17) is 22.7 Å². The van der Waals surface area contributed by atoms with Crippen molar-refractivity contribution in [2.45, 2.75) is 18.9 Å². The van der Waals surface area contributed by atoms with Crippen molar-refractivity contribution in [2.24, 2.45) is 5.73 Å². The van der Waals surface area contributed by atoms with Crippen molar-refractivity contribution in [3.63, 3.8) is 0 Å². The summed E-state index contributed by atoms with van der Waals surface area (Å²) in [6.45, 7) is 2.11. The maximum Gasteiger partial charge on any atom is 0.119 e. The molecule has 0 aliphatic carbocycles. The van der Waals surface area contributed by atoms with Crippen LogP contribution in [0, 0.1) is 0 Å². The summed E-state index contributed by atoms with van der Waals surface area (Å²) in [5, 5.41) is 1.13. The molecule has 1 unspecified atom stereocenters. The van der Waals surface area contributed by atoms with Crippen molar-refractivity contribution in [3.8, 4) is 5.75 Å². The van der Waals surface area contributed by atoms with Crippen LogP contribution in [-0.4, -0.2) is 35.1 Å². The number of aromatic amines is 1. The fraction of sp³-hybridized carbons (Fsp3) is 0.400. The first-order chi connectivity index (χ1) is 9.70. The zero-order chi connectivity index (χ0) is 14.1. The topological polar surface area (TPSA) is 54.3 Å². The van der Waals surface area contributed by atoms with Gasteiger partial charge in [-0.1, -0.05) is 12.2 Å². The molecule has 0 amide bonds. The van der Waals surface area contributed by atoms with Gasteiger partial charge in [0.2, 0.25) is 0 Å². The fourth-order valence-corrected chi connectivity index (χ4v) is 3.28. The van der Waals surface area contributed by atoms with Crippen molar-refractivity contribution in [2.75, 3.05) is 20.2 Å². The first kappa shape index (κ1) is 13.4. The summed E-state index contributed by atoms with van der Waals surface area (Å²) < 4.78 is 5.32. The Morgan fingerprint density at radius 2 is 2.15 bits per heavy atom.